The van der Waals surface area contributed by atoms with Gasteiger partial charge in [0.1, 0.15) is 0 Å². The van der Waals surface area contributed by atoms with E-state index in [0.717, 1.165) is 29.3 Å². The summed E-state index contributed by atoms with van der Waals surface area (Å²) in [5, 5.41) is 1.74. The fraction of sp³-hybridized carbons (Fsp3) is 0.412. The Morgan fingerprint density at radius 1 is 1.19 bits per heavy atom. The van der Waals surface area contributed by atoms with Gasteiger partial charge in [0, 0.05) is 16.7 Å². The van der Waals surface area contributed by atoms with Crippen LogP contribution in [-0.4, -0.2) is 24.2 Å². The van der Waals surface area contributed by atoms with Crippen LogP contribution >= 0.6 is 0 Å². The second-order valence-electron chi connectivity index (χ2n) is 5.15. The van der Waals surface area contributed by atoms with Crippen LogP contribution in [-0.2, 0) is 4.74 Å². The smallest absolute Gasteiger partial charge is 0.340 e. The lowest BCUT2D eigenvalue weighted by Gasteiger charge is -2.14. The lowest BCUT2D eigenvalue weighted by Crippen LogP contribution is -2.11. The molecule has 1 aliphatic carbocycles. The van der Waals surface area contributed by atoms with Crippen LogP contribution in [0.4, 0.5) is 0 Å². The molecule has 1 fully saturated rings. The van der Waals surface area contributed by atoms with E-state index in [1.807, 2.05) is 38.1 Å². The van der Waals surface area contributed by atoms with Gasteiger partial charge in [-0.3, -0.25) is 0 Å². The van der Waals surface area contributed by atoms with Crippen LogP contribution in [0.5, 0.6) is 5.88 Å². The van der Waals surface area contributed by atoms with Crippen molar-refractivity contribution >= 4 is 16.7 Å². The number of aromatic nitrogens is 1. The van der Waals surface area contributed by atoms with E-state index in [-0.39, 0.29) is 5.97 Å². The van der Waals surface area contributed by atoms with Crippen LogP contribution < -0.4 is 4.74 Å². The van der Waals surface area contributed by atoms with Crippen molar-refractivity contribution in [1.29, 1.82) is 0 Å². The lowest BCUT2D eigenvalue weighted by atomic mass is 10.0. The maximum Gasteiger partial charge on any atom is 0.340 e. The number of hydrogen-bond donors (Lipinski definition) is 0. The Kier molecular flexibility index (Phi) is 3.78. The summed E-state index contributed by atoms with van der Waals surface area (Å²) in [5.41, 5.74) is 1.44. The molecule has 4 nitrogen and oxygen atoms in total. The summed E-state index contributed by atoms with van der Waals surface area (Å²) in [6.45, 7) is 4.68. The third-order valence-corrected chi connectivity index (χ3v) is 3.63. The molecule has 0 aliphatic heterocycles. The number of rotatable bonds is 5. The maximum absolute atomic E-state index is 12.4. The average Bonchev–Trinajstić information content (AvgIpc) is 3.32. The molecule has 2 aromatic rings. The Balaban J connectivity index is 2.25. The van der Waals surface area contributed by atoms with E-state index in [2.05, 4.69) is 4.98 Å². The van der Waals surface area contributed by atoms with Gasteiger partial charge in [-0.2, -0.15) is 0 Å². The van der Waals surface area contributed by atoms with E-state index in [9.17, 15) is 4.79 Å². The van der Waals surface area contributed by atoms with Crippen LogP contribution in [0.2, 0.25) is 0 Å². The Hall–Kier alpha value is -2.10. The molecule has 4 heteroatoms. The maximum atomic E-state index is 12.4. The first kappa shape index (κ1) is 13.9. The Labute approximate surface area is 124 Å². The molecule has 0 bridgehead atoms. The fourth-order valence-electron chi connectivity index (χ4n) is 2.57. The number of nitrogens with zero attached hydrogens (tertiary/aromatic N) is 1. The number of carbonyl (C=O) groups excluding carboxylic acids is 1. The molecule has 110 valence electrons. The number of esters is 1. The Morgan fingerprint density at radius 3 is 2.52 bits per heavy atom. The number of hydrogen-bond acceptors (Lipinski definition) is 4. The molecule has 0 atom stereocenters. The van der Waals surface area contributed by atoms with Gasteiger partial charge >= 0.3 is 5.97 Å². The summed E-state index contributed by atoms with van der Waals surface area (Å²) in [4.78, 5) is 17.0. The second-order valence-corrected chi connectivity index (χ2v) is 5.15. The molecule has 1 aromatic carbocycles. The monoisotopic (exact) mass is 285 g/mol. The Bertz CT molecular complexity index is 677. The van der Waals surface area contributed by atoms with Gasteiger partial charge in [-0.15, -0.1) is 0 Å². The summed E-state index contributed by atoms with van der Waals surface area (Å²) in [6, 6.07) is 7.74. The molecule has 1 aliphatic rings. The van der Waals surface area contributed by atoms with Crippen molar-refractivity contribution in [2.45, 2.75) is 32.6 Å². The Morgan fingerprint density at radius 2 is 1.90 bits per heavy atom. The van der Waals surface area contributed by atoms with Gasteiger partial charge in [-0.1, -0.05) is 18.2 Å². The number of benzene rings is 1. The summed E-state index contributed by atoms with van der Waals surface area (Å²) < 4.78 is 10.9. The minimum absolute atomic E-state index is 0.286. The fourth-order valence-corrected chi connectivity index (χ4v) is 2.57. The summed E-state index contributed by atoms with van der Waals surface area (Å²) in [6.07, 6.45) is 2.15. The van der Waals surface area contributed by atoms with E-state index in [1.54, 1.807) is 0 Å². The van der Waals surface area contributed by atoms with E-state index in [4.69, 9.17) is 9.47 Å². The van der Waals surface area contributed by atoms with Crippen molar-refractivity contribution in [3.63, 3.8) is 0 Å². The second kappa shape index (κ2) is 5.72. The molecule has 0 amide bonds. The number of pyridine rings is 1. The minimum atomic E-state index is -0.286. The highest BCUT2D eigenvalue weighted by atomic mass is 16.5. The quantitative estimate of drug-likeness (QED) is 0.786. The zero-order chi connectivity index (χ0) is 14.8. The molecule has 1 aromatic heterocycles. The average molecular weight is 285 g/mol. The third kappa shape index (κ3) is 2.58. The van der Waals surface area contributed by atoms with Gasteiger partial charge < -0.3 is 9.47 Å². The van der Waals surface area contributed by atoms with Crippen LogP contribution in [0.15, 0.2) is 24.3 Å². The molecule has 0 unspecified atom stereocenters. The van der Waals surface area contributed by atoms with Crippen LogP contribution in [0.1, 0.15) is 48.7 Å². The van der Waals surface area contributed by atoms with Crippen molar-refractivity contribution < 1.29 is 14.3 Å². The molecule has 0 radical (unpaired) electrons. The van der Waals surface area contributed by atoms with Gasteiger partial charge in [0.25, 0.3) is 0 Å². The van der Waals surface area contributed by atoms with Crippen molar-refractivity contribution in [3.8, 4) is 5.88 Å². The minimum Gasteiger partial charge on any atom is -0.478 e. The SMILES string of the molecule is CCOC(=O)c1c(C2CC2)nc(OCC)c2ccccc12. The van der Waals surface area contributed by atoms with Gasteiger partial charge in [-0.25, -0.2) is 9.78 Å². The van der Waals surface area contributed by atoms with Crippen LogP contribution in [0, 0.1) is 0 Å². The van der Waals surface area contributed by atoms with Crippen molar-refractivity contribution in [1.82, 2.24) is 4.98 Å². The first-order chi connectivity index (χ1) is 10.3. The highest BCUT2D eigenvalue weighted by Gasteiger charge is 2.32. The summed E-state index contributed by atoms with van der Waals surface area (Å²) in [5.74, 6) is 0.683. The third-order valence-electron chi connectivity index (χ3n) is 3.63. The summed E-state index contributed by atoms with van der Waals surface area (Å²) in [7, 11) is 0. The predicted molar refractivity (Wildman–Crippen MR) is 80.8 cm³/mol. The lowest BCUT2D eigenvalue weighted by molar-refractivity contribution is 0.0527. The molecular weight excluding hydrogens is 266 g/mol. The number of carbonyl (C=O) groups is 1. The van der Waals surface area contributed by atoms with Crippen LogP contribution in [0.25, 0.3) is 10.8 Å². The van der Waals surface area contributed by atoms with Crippen LogP contribution in [0.3, 0.4) is 0 Å². The van der Waals surface area contributed by atoms with Gasteiger partial charge in [0.15, 0.2) is 0 Å². The highest BCUT2D eigenvalue weighted by molar-refractivity contribution is 6.07. The van der Waals surface area contributed by atoms with E-state index in [1.165, 1.54) is 0 Å². The van der Waals surface area contributed by atoms with E-state index in [0.29, 0.717) is 30.6 Å². The standard InChI is InChI=1S/C17H19NO3/c1-3-20-16-13-8-6-5-7-12(13)14(17(19)21-4-2)15(18-16)11-9-10-11/h5-8,11H,3-4,9-10H2,1-2H3. The normalized spacial score (nSPS) is 14.2. The molecular formula is C17H19NO3. The molecule has 3 rings (SSSR count). The highest BCUT2D eigenvalue weighted by Crippen LogP contribution is 2.44. The first-order valence-corrected chi connectivity index (χ1v) is 7.48. The van der Waals surface area contributed by atoms with Crippen molar-refractivity contribution in [2.75, 3.05) is 13.2 Å². The molecule has 0 spiro atoms. The largest absolute Gasteiger partial charge is 0.478 e. The zero-order valence-electron chi connectivity index (χ0n) is 12.4. The number of fused-ring (bicyclic) bond motifs is 1. The van der Waals surface area contributed by atoms with E-state index >= 15 is 0 Å². The molecule has 0 saturated heterocycles. The molecule has 0 N–H and O–H groups in total. The number of ether oxygens (including phenoxy) is 2. The predicted octanol–water partition coefficient (Wildman–Crippen LogP) is 3.69. The van der Waals surface area contributed by atoms with E-state index < -0.39 is 0 Å². The van der Waals surface area contributed by atoms with Crippen molar-refractivity contribution in [3.05, 3.63) is 35.5 Å². The molecule has 1 saturated carbocycles. The summed E-state index contributed by atoms with van der Waals surface area (Å²) >= 11 is 0. The van der Waals surface area contributed by atoms with Crippen molar-refractivity contribution in [2.24, 2.45) is 0 Å². The zero-order valence-corrected chi connectivity index (χ0v) is 12.4. The molecule has 1 heterocycles. The first-order valence-electron chi connectivity index (χ1n) is 7.48. The molecule has 21 heavy (non-hydrogen) atoms. The van der Waals surface area contributed by atoms with Gasteiger partial charge in [0.05, 0.1) is 24.5 Å². The van der Waals surface area contributed by atoms with Gasteiger partial charge in [0.2, 0.25) is 5.88 Å². The van der Waals surface area contributed by atoms with Gasteiger partial charge in [-0.05, 0) is 32.8 Å². The topological polar surface area (TPSA) is 48.4 Å².